The Labute approximate surface area is 206 Å². The minimum atomic E-state index is -0.0916. The Kier molecular flexibility index (Phi) is 5.74. The van der Waals surface area contributed by atoms with Crippen LogP contribution < -0.4 is 19.6 Å². The van der Waals surface area contributed by atoms with E-state index in [-0.39, 0.29) is 12.2 Å². The van der Waals surface area contributed by atoms with Crippen LogP contribution in [0.1, 0.15) is 16.7 Å². The number of halogens is 1. The average molecular weight is 565 g/mol. The van der Waals surface area contributed by atoms with Crippen molar-refractivity contribution in [1.82, 2.24) is 9.38 Å². The molecule has 5 rings (SSSR count). The van der Waals surface area contributed by atoms with Crippen molar-refractivity contribution >= 4 is 56.0 Å². The standard InChI is InChI=1S/C25H16IN3O3S/c1-31-21-11-15(10-18(26)23(21)32-14-17-7-3-2-6-16(17)13-27)12-22-24(30)29-20-9-5-4-8-19(20)28-25(29)33-22/h2-12H,14H2,1H3/b22-12-. The van der Waals surface area contributed by atoms with Gasteiger partial charge in [0.25, 0.3) is 5.56 Å². The number of nitrogens with zero attached hydrogens (tertiary/aromatic N) is 3. The lowest BCUT2D eigenvalue weighted by Crippen LogP contribution is -2.22. The second-order valence-electron chi connectivity index (χ2n) is 7.23. The highest BCUT2D eigenvalue weighted by Crippen LogP contribution is 2.35. The third-order valence-electron chi connectivity index (χ3n) is 5.20. The van der Waals surface area contributed by atoms with Crippen LogP contribution in [0.25, 0.3) is 22.1 Å². The van der Waals surface area contributed by atoms with Crippen molar-refractivity contribution in [1.29, 1.82) is 5.26 Å². The zero-order valence-electron chi connectivity index (χ0n) is 17.4. The molecule has 2 aromatic heterocycles. The summed E-state index contributed by atoms with van der Waals surface area (Å²) >= 11 is 3.55. The highest BCUT2D eigenvalue weighted by atomic mass is 127. The maximum atomic E-state index is 13.1. The van der Waals surface area contributed by atoms with Gasteiger partial charge in [0.05, 0.1) is 37.9 Å². The summed E-state index contributed by atoms with van der Waals surface area (Å²) in [7, 11) is 1.58. The van der Waals surface area contributed by atoms with E-state index in [2.05, 4.69) is 33.6 Å². The van der Waals surface area contributed by atoms with Gasteiger partial charge in [-0.15, -0.1) is 0 Å². The second kappa shape index (κ2) is 8.84. The molecule has 8 heteroatoms. The second-order valence-corrected chi connectivity index (χ2v) is 9.40. The van der Waals surface area contributed by atoms with E-state index in [1.807, 2.05) is 60.7 Å². The van der Waals surface area contributed by atoms with Gasteiger partial charge in [-0.2, -0.15) is 5.26 Å². The van der Waals surface area contributed by atoms with Gasteiger partial charge in [-0.05, 0) is 64.6 Å². The number of fused-ring (bicyclic) bond motifs is 3. The topological polar surface area (TPSA) is 76.6 Å². The summed E-state index contributed by atoms with van der Waals surface area (Å²) in [5, 5.41) is 9.30. The molecule has 5 aromatic rings. The Hall–Kier alpha value is -3.42. The fourth-order valence-electron chi connectivity index (χ4n) is 3.63. The lowest BCUT2D eigenvalue weighted by Gasteiger charge is -2.14. The van der Waals surface area contributed by atoms with Crippen molar-refractivity contribution in [3.63, 3.8) is 0 Å². The maximum Gasteiger partial charge on any atom is 0.274 e. The molecule has 0 bridgehead atoms. The van der Waals surface area contributed by atoms with E-state index < -0.39 is 0 Å². The SMILES string of the molecule is COc1cc(/C=c2\sc3nc4ccccc4n3c2=O)cc(I)c1OCc1ccccc1C#N. The lowest BCUT2D eigenvalue weighted by atomic mass is 10.1. The summed E-state index contributed by atoms with van der Waals surface area (Å²) in [6.07, 6.45) is 1.84. The summed E-state index contributed by atoms with van der Waals surface area (Å²) in [5.74, 6) is 1.15. The summed E-state index contributed by atoms with van der Waals surface area (Å²) < 4.78 is 14.7. The zero-order chi connectivity index (χ0) is 22.9. The molecule has 0 atom stereocenters. The average Bonchev–Trinajstić information content (AvgIpc) is 3.34. The number of methoxy groups -OCH3 is 1. The summed E-state index contributed by atoms with van der Waals surface area (Å²) in [6.45, 7) is 0.249. The Balaban J connectivity index is 1.52. The smallest absolute Gasteiger partial charge is 0.274 e. The van der Waals surface area contributed by atoms with Crippen LogP contribution in [0, 0.1) is 14.9 Å². The number of rotatable bonds is 5. The number of aromatic nitrogens is 2. The molecule has 0 saturated carbocycles. The first-order valence-electron chi connectivity index (χ1n) is 9.99. The Morgan fingerprint density at radius 3 is 2.79 bits per heavy atom. The molecule has 0 fully saturated rings. The van der Waals surface area contributed by atoms with Crippen LogP contribution in [0.15, 0.2) is 65.5 Å². The molecule has 0 aliphatic carbocycles. The van der Waals surface area contributed by atoms with Gasteiger partial charge >= 0.3 is 0 Å². The number of hydrogen-bond acceptors (Lipinski definition) is 6. The first-order chi connectivity index (χ1) is 16.1. The molecular weight excluding hydrogens is 549 g/mol. The summed E-state index contributed by atoms with van der Waals surface area (Å²) in [4.78, 5) is 18.3. The van der Waals surface area contributed by atoms with Crippen LogP contribution >= 0.6 is 33.9 Å². The summed E-state index contributed by atoms with van der Waals surface area (Å²) in [6, 6.07) is 20.9. The fourth-order valence-corrected chi connectivity index (χ4v) is 5.40. The van der Waals surface area contributed by atoms with Crippen molar-refractivity contribution in [2.24, 2.45) is 0 Å². The molecule has 0 unspecified atom stereocenters. The maximum absolute atomic E-state index is 13.1. The number of ether oxygens (including phenoxy) is 2. The van der Waals surface area contributed by atoms with Crippen LogP contribution in [-0.2, 0) is 6.61 Å². The number of para-hydroxylation sites is 2. The molecule has 0 amide bonds. The highest BCUT2D eigenvalue weighted by molar-refractivity contribution is 14.1. The molecule has 3 aromatic carbocycles. The third kappa shape index (κ3) is 3.94. The molecule has 0 aliphatic heterocycles. The predicted octanol–water partition coefficient (Wildman–Crippen LogP) is 4.52. The Morgan fingerprint density at radius 2 is 1.97 bits per heavy atom. The van der Waals surface area contributed by atoms with Crippen LogP contribution in [0.2, 0.25) is 0 Å². The quantitative estimate of drug-likeness (QED) is 0.293. The van der Waals surface area contributed by atoms with E-state index in [1.54, 1.807) is 17.6 Å². The monoisotopic (exact) mass is 565 g/mol. The minimum absolute atomic E-state index is 0.0916. The first kappa shape index (κ1) is 21.4. The Morgan fingerprint density at radius 1 is 1.18 bits per heavy atom. The highest BCUT2D eigenvalue weighted by Gasteiger charge is 2.14. The number of hydrogen-bond donors (Lipinski definition) is 0. The third-order valence-corrected chi connectivity index (χ3v) is 6.97. The largest absolute Gasteiger partial charge is 0.493 e. The number of nitriles is 1. The fraction of sp³-hybridized carbons (Fsp3) is 0.0800. The van der Waals surface area contributed by atoms with Crippen molar-refractivity contribution in [2.45, 2.75) is 6.61 Å². The molecule has 0 spiro atoms. The molecule has 162 valence electrons. The van der Waals surface area contributed by atoms with Gasteiger partial charge in [0, 0.05) is 5.56 Å². The van der Waals surface area contributed by atoms with Crippen LogP contribution in [0.3, 0.4) is 0 Å². The van der Waals surface area contributed by atoms with E-state index >= 15 is 0 Å². The van der Waals surface area contributed by atoms with Crippen molar-refractivity contribution in [3.05, 3.63) is 95.8 Å². The number of thiazole rings is 1. The van der Waals surface area contributed by atoms with Gasteiger partial charge in [-0.3, -0.25) is 4.79 Å². The molecule has 33 heavy (non-hydrogen) atoms. The minimum Gasteiger partial charge on any atom is -0.493 e. The van der Waals surface area contributed by atoms with E-state index in [0.29, 0.717) is 26.6 Å². The van der Waals surface area contributed by atoms with Crippen molar-refractivity contribution in [3.8, 4) is 17.6 Å². The normalized spacial score (nSPS) is 11.7. The molecule has 0 aliphatic rings. The summed E-state index contributed by atoms with van der Waals surface area (Å²) in [5.41, 5.74) is 3.73. The lowest BCUT2D eigenvalue weighted by molar-refractivity contribution is 0.282. The first-order valence-corrected chi connectivity index (χ1v) is 11.9. The van der Waals surface area contributed by atoms with E-state index in [1.165, 1.54) is 11.3 Å². The number of benzene rings is 3. The van der Waals surface area contributed by atoms with Gasteiger partial charge in [0.15, 0.2) is 16.5 Å². The van der Waals surface area contributed by atoms with Crippen LogP contribution in [0.5, 0.6) is 11.5 Å². The molecule has 0 N–H and O–H groups in total. The van der Waals surface area contributed by atoms with E-state index in [0.717, 1.165) is 25.7 Å². The van der Waals surface area contributed by atoms with Gasteiger partial charge in [-0.1, -0.05) is 41.7 Å². The van der Waals surface area contributed by atoms with Crippen LogP contribution in [-0.4, -0.2) is 16.5 Å². The number of imidazole rings is 1. The molecule has 0 radical (unpaired) electrons. The van der Waals surface area contributed by atoms with Gasteiger partial charge < -0.3 is 9.47 Å². The van der Waals surface area contributed by atoms with E-state index in [9.17, 15) is 10.1 Å². The van der Waals surface area contributed by atoms with Gasteiger partial charge in [0.2, 0.25) is 0 Å². The molecular formula is C25H16IN3O3S. The molecule has 2 heterocycles. The van der Waals surface area contributed by atoms with Crippen molar-refractivity contribution in [2.75, 3.05) is 7.11 Å². The van der Waals surface area contributed by atoms with E-state index in [4.69, 9.17) is 9.47 Å². The Bertz CT molecular complexity index is 1670. The molecule has 6 nitrogen and oxygen atoms in total. The van der Waals surface area contributed by atoms with Crippen LogP contribution in [0.4, 0.5) is 0 Å². The van der Waals surface area contributed by atoms with Gasteiger partial charge in [-0.25, -0.2) is 9.38 Å². The predicted molar refractivity (Wildman–Crippen MR) is 137 cm³/mol. The molecule has 0 saturated heterocycles. The zero-order valence-corrected chi connectivity index (χ0v) is 20.4. The van der Waals surface area contributed by atoms with Crippen molar-refractivity contribution < 1.29 is 9.47 Å². The van der Waals surface area contributed by atoms with Gasteiger partial charge in [0.1, 0.15) is 6.61 Å².